The van der Waals surface area contributed by atoms with Crippen LogP contribution in [0.5, 0.6) is 0 Å². The van der Waals surface area contributed by atoms with Gasteiger partial charge in [0.2, 0.25) is 0 Å². The first-order valence-corrected chi connectivity index (χ1v) is 3.56. The van der Waals surface area contributed by atoms with Gasteiger partial charge in [-0.2, -0.15) is 0 Å². The number of rotatable bonds is 3. The lowest BCUT2D eigenvalue weighted by Crippen LogP contribution is -1.94. The Morgan fingerprint density at radius 1 is 1.82 bits per heavy atom. The zero-order chi connectivity index (χ0) is 8.27. The van der Waals surface area contributed by atoms with Crippen LogP contribution in [0.2, 0.25) is 0 Å². The van der Waals surface area contributed by atoms with Crippen molar-refractivity contribution in [3.05, 3.63) is 36.3 Å². The monoisotopic (exact) mass is 152 g/mol. The lowest BCUT2D eigenvalue weighted by atomic mass is 10.1. The van der Waals surface area contributed by atoms with Crippen molar-refractivity contribution in [2.45, 2.75) is 19.4 Å². The van der Waals surface area contributed by atoms with E-state index in [2.05, 4.69) is 6.58 Å². The fourth-order valence-corrected chi connectivity index (χ4v) is 0.912. The molecule has 1 N–H and O–H groups in total. The maximum absolute atomic E-state index is 9.43. The molecule has 1 aromatic rings. The van der Waals surface area contributed by atoms with E-state index < -0.39 is 6.10 Å². The second kappa shape index (κ2) is 3.39. The molecule has 0 aliphatic rings. The van der Waals surface area contributed by atoms with Gasteiger partial charge in [-0.25, -0.2) is 0 Å². The molecule has 1 aromatic heterocycles. The van der Waals surface area contributed by atoms with Gasteiger partial charge in [-0.05, 0) is 19.1 Å². The van der Waals surface area contributed by atoms with Crippen LogP contribution in [-0.2, 0) is 0 Å². The van der Waals surface area contributed by atoms with E-state index in [0.29, 0.717) is 12.2 Å². The summed E-state index contributed by atoms with van der Waals surface area (Å²) in [5, 5.41) is 9.43. The fourth-order valence-electron chi connectivity index (χ4n) is 0.912. The van der Waals surface area contributed by atoms with Crippen LogP contribution in [0.3, 0.4) is 0 Å². The molecule has 1 heterocycles. The summed E-state index contributed by atoms with van der Waals surface area (Å²) in [4.78, 5) is 0. The predicted octanol–water partition coefficient (Wildman–Crippen LogP) is 2.28. The molecule has 0 aliphatic heterocycles. The molecule has 0 aromatic carbocycles. The van der Waals surface area contributed by atoms with Crippen molar-refractivity contribution in [2.24, 2.45) is 0 Å². The first-order chi connectivity index (χ1) is 5.20. The summed E-state index contributed by atoms with van der Waals surface area (Å²) in [7, 11) is 0. The van der Waals surface area contributed by atoms with Crippen LogP contribution in [0.4, 0.5) is 0 Å². The number of aliphatic hydroxyl groups excluding tert-OH is 1. The van der Waals surface area contributed by atoms with Gasteiger partial charge in [0.15, 0.2) is 0 Å². The van der Waals surface area contributed by atoms with Crippen molar-refractivity contribution in [1.82, 2.24) is 0 Å². The van der Waals surface area contributed by atoms with Crippen LogP contribution >= 0.6 is 0 Å². The maximum atomic E-state index is 9.43. The van der Waals surface area contributed by atoms with Gasteiger partial charge in [0.1, 0.15) is 11.9 Å². The second-order valence-corrected chi connectivity index (χ2v) is 2.69. The number of hydrogen-bond acceptors (Lipinski definition) is 2. The molecule has 0 saturated heterocycles. The van der Waals surface area contributed by atoms with Crippen LogP contribution in [0, 0.1) is 0 Å². The normalized spacial score (nSPS) is 12.9. The van der Waals surface area contributed by atoms with Gasteiger partial charge in [-0.1, -0.05) is 5.57 Å². The van der Waals surface area contributed by atoms with E-state index in [1.807, 2.05) is 6.92 Å². The molecule has 0 fully saturated rings. The van der Waals surface area contributed by atoms with E-state index in [1.54, 1.807) is 18.4 Å². The molecule has 1 rings (SSSR count). The molecular formula is C9H12O2. The lowest BCUT2D eigenvalue weighted by molar-refractivity contribution is 0.150. The van der Waals surface area contributed by atoms with Crippen LogP contribution in [0.15, 0.2) is 35.0 Å². The summed E-state index contributed by atoms with van der Waals surface area (Å²) in [6, 6.07) is 3.52. The molecule has 0 spiro atoms. The van der Waals surface area contributed by atoms with Crippen molar-refractivity contribution < 1.29 is 9.52 Å². The van der Waals surface area contributed by atoms with Crippen molar-refractivity contribution >= 4 is 0 Å². The molecule has 0 aliphatic carbocycles. The third-order valence-electron chi connectivity index (χ3n) is 1.41. The second-order valence-electron chi connectivity index (χ2n) is 2.69. The number of aliphatic hydroxyl groups is 1. The van der Waals surface area contributed by atoms with Gasteiger partial charge in [0.25, 0.3) is 0 Å². The third kappa shape index (κ3) is 2.24. The molecule has 2 heteroatoms. The smallest absolute Gasteiger partial charge is 0.132 e. The summed E-state index contributed by atoms with van der Waals surface area (Å²) >= 11 is 0. The highest BCUT2D eigenvalue weighted by molar-refractivity contribution is 5.05. The molecule has 2 nitrogen and oxygen atoms in total. The highest BCUT2D eigenvalue weighted by Gasteiger charge is 2.09. The Balaban J connectivity index is 2.56. The summed E-state index contributed by atoms with van der Waals surface area (Å²) in [5.41, 5.74) is 0.953. The van der Waals surface area contributed by atoms with Crippen LogP contribution < -0.4 is 0 Å². The molecule has 0 radical (unpaired) electrons. The lowest BCUT2D eigenvalue weighted by Gasteiger charge is -2.05. The quantitative estimate of drug-likeness (QED) is 0.674. The van der Waals surface area contributed by atoms with E-state index in [1.165, 1.54) is 0 Å². The van der Waals surface area contributed by atoms with E-state index in [4.69, 9.17) is 4.42 Å². The number of hydrogen-bond donors (Lipinski definition) is 1. The van der Waals surface area contributed by atoms with Gasteiger partial charge < -0.3 is 9.52 Å². The zero-order valence-corrected chi connectivity index (χ0v) is 6.58. The van der Waals surface area contributed by atoms with Gasteiger partial charge in [0, 0.05) is 6.42 Å². The Hall–Kier alpha value is -1.02. The topological polar surface area (TPSA) is 33.4 Å². The fraction of sp³-hybridized carbons (Fsp3) is 0.333. The van der Waals surface area contributed by atoms with Gasteiger partial charge in [0.05, 0.1) is 6.26 Å². The molecule has 0 bridgehead atoms. The van der Waals surface area contributed by atoms with Gasteiger partial charge in [-0.15, -0.1) is 6.58 Å². The average molecular weight is 152 g/mol. The Morgan fingerprint density at radius 2 is 2.55 bits per heavy atom. The van der Waals surface area contributed by atoms with Crippen LogP contribution in [0.25, 0.3) is 0 Å². The van der Waals surface area contributed by atoms with E-state index >= 15 is 0 Å². The van der Waals surface area contributed by atoms with Crippen molar-refractivity contribution in [2.75, 3.05) is 0 Å². The molecule has 11 heavy (non-hydrogen) atoms. The summed E-state index contributed by atoms with van der Waals surface area (Å²) in [6.07, 6.45) is 1.58. The Morgan fingerprint density at radius 3 is 3.00 bits per heavy atom. The Kier molecular flexibility index (Phi) is 2.49. The maximum Gasteiger partial charge on any atom is 0.132 e. The minimum absolute atomic E-state index is 0.539. The van der Waals surface area contributed by atoms with Crippen molar-refractivity contribution in [1.29, 1.82) is 0 Å². The van der Waals surface area contributed by atoms with Crippen LogP contribution in [-0.4, -0.2) is 5.11 Å². The molecule has 0 saturated carbocycles. The third-order valence-corrected chi connectivity index (χ3v) is 1.41. The van der Waals surface area contributed by atoms with Crippen molar-refractivity contribution in [3.8, 4) is 0 Å². The van der Waals surface area contributed by atoms with E-state index in [-0.39, 0.29) is 0 Å². The zero-order valence-electron chi connectivity index (χ0n) is 6.58. The van der Waals surface area contributed by atoms with Crippen LogP contribution in [0.1, 0.15) is 25.2 Å². The van der Waals surface area contributed by atoms with Gasteiger partial charge in [-0.3, -0.25) is 0 Å². The summed E-state index contributed by atoms with van der Waals surface area (Å²) in [5.74, 6) is 0.605. The number of furan rings is 1. The molecule has 60 valence electrons. The SMILES string of the molecule is C=C(C)CC(O)c1ccco1. The van der Waals surface area contributed by atoms with E-state index in [0.717, 1.165) is 5.57 Å². The highest BCUT2D eigenvalue weighted by Crippen LogP contribution is 2.19. The minimum atomic E-state index is -0.539. The van der Waals surface area contributed by atoms with Gasteiger partial charge >= 0.3 is 0 Å². The minimum Gasteiger partial charge on any atom is -0.467 e. The van der Waals surface area contributed by atoms with E-state index in [9.17, 15) is 5.11 Å². The first kappa shape index (κ1) is 8.08. The summed E-state index contributed by atoms with van der Waals surface area (Å²) in [6.45, 7) is 5.58. The summed E-state index contributed by atoms with van der Waals surface area (Å²) < 4.78 is 5.01. The largest absolute Gasteiger partial charge is 0.467 e. The molecule has 1 unspecified atom stereocenters. The molecule has 1 atom stereocenters. The Bertz CT molecular complexity index is 224. The standard InChI is InChI=1S/C9H12O2/c1-7(2)6-8(10)9-4-3-5-11-9/h3-5,8,10H,1,6H2,2H3. The predicted molar refractivity (Wildman–Crippen MR) is 43.1 cm³/mol. The highest BCUT2D eigenvalue weighted by atomic mass is 16.4. The first-order valence-electron chi connectivity index (χ1n) is 3.56. The molecular weight excluding hydrogens is 140 g/mol. The van der Waals surface area contributed by atoms with Crippen molar-refractivity contribution in [3.63, 3.8) is 0 Å². The average Bonchev–Trinajstić information content (AvgIpc) is 2.35. The Labute approximate surface area is 66.2 Å². The molecule has 0 amide bonds.